The van der Waals surface area contributed by atoms with E-state index in [0.29, 0.717) is 11.1 Å². The number of nitrogens with one attached hydrogen (secondary N) is 2. The third kappa shape index (κ3) is 5.11. The number of benzene rings is 2. The molecule has 0 saturated heterocycles. The van der Waals surface area contributed by atoms with Crippen LogP contribution in [0.4, 0.5) is 8.78 Å². The Bertz CT molecular complexity index is 959. The van der Waals surface area contributed by atoms with Gasteiger partial charge in [0, 0.05) is 11.6 Å². The topological polar surface area (TPSA) is 75.3 Å². The van der Waals surface area contributed by atoms with E-state index in [1.54, 1.807) is 33.8 Å². The third-order valence-corrected chi connectivity index (χ3v) is 5.60. The number of sulfonamides is 1. The van der Waals surface area contributed by atoms with E-state index in [0.717, 1.165) is 12.1 Å². The van der Waals surface area contributed by atoms with Gasteiger partial charge in [-0.05, 0) is 63.1 Å². The second-order valence-corrected chi connectivity index (χ2v) is 8.34. The Morgan fingerprint density at radius 2 is 1.67 bits per heavy atom. The van der Waals surface area contributed by atoms with Crippen molar-refractivity contribution in [1.82, 2.24) is 10.0 Å². The van der Waals surface area contributed by atoms with Gasteiger partial charge in [-0.25, -0.2) is 21.9 Å². The average Bonchev–Trinajstić information content (AvgIpc) is 2.56. The maximum atomic E-state index is 13.4. The Kier molecular flexibility index (Phi) is 6.33. The molecule has 0 aromatic heterocycles. The van der Waals surface area contributed by atoms with Crippen molar-refractivity contribution in [3.05, 3.63) is 64.7 Å². The number of carbonyl (C=O) groups is 1. The van der Waals surface area contributed by atoms with E-state index in [-0.39, 0.29) is 16.5 Å². The minimum Gasteiger partial charge on any atom is -0.346 e. The lowest BCUT2D eigenvalue weighted by Crippen LogP contribution is -2.31. The smallest absolute Gasteiger partial charge is 0.252 e. The standard InChI is InChI=1S/C19H22F2N2O3S/c1-11(2)23-27(25,26)15-7-5-12(3)16(10-15)19(24)22-13(4)14-6-8-17(20)18(21)9-14/h5-11,13,23H,1-4H3,(H,22,24). The molecule has 0 radical (unpaired) electrons. The number of halogens is 2. The Morgan fingerprint density at radius 3 is 2.26 bits per heavy atom. The highest BCUT2D eigenvalue weighted by Gasteiger charge is 2.20. The zero-order valence-electron chi connectivity index (χ0n) is 15.5. The first kappa shape index (κ1) is 21.0. The minimum absolute atomic E-state index is 0.0209. The first-order valence-corrected chi connectivity index (χ1v) is 9.88. The fourth-order valence-corrected chi connectivity index (χ4v) is 3.81. The van der Waals surface area contributed by atoms with E-state index in [1.807, 2.05) is 0 Å². The predicted molar refractivity (Wildman–Crippen MR) is 98.9 cm³/mol. The summed E-state index contributed by atoms with van der Waals surface area (Å²) in [7, 11) is -3.74. The highest BCUT2D eigenvalue weighted by Crippen LogP contribution is 2.19. The lowest BCUT2D eigenvalue weighted by molar-refractivity contribution is 0.0939. The number of hydrogen-bond acceptors (Lipinski definition) is 3. The molecule has 0 spiro atoms. The van der Waals surface area contributed by atoms with Gasteiger partial charge in [-0.15, -0.1) is 0 Å². The molecular formula is C19H22F2N2O3S. The predicted octanol–water partition coefficient (Wildman–Crippen LogP) is 3.45. The molecule has 0 bridgehead atoms. The van der Waals surface area contributed by atoms with E-state index < -0.39 is 33.6 Å². The maximum absolute atomic E-state index is 13.4. The van der Waals surface area contributed by atoms with Crippen molar-refractivity contribution < 1.29 is 22.0 Å². The molecule has 2 N–H and O–H groups in total. The van der Waals surface area contributed by atoms with Crippen LogP contribution in [0.5, 0.6) is 0 Å². The van der Waals surface area contributed by atoms with Crippen molar-refractivity contribution in [2.45, 2.75) is 44.7 Å². The van der Waals surface area contributed by atoms with Crippen molar-refractivity contribution in [1.29, 1.82) is 0 Å². The van der Waals surface area contributed by atoms with Crippen LogP contribution in [0.25, 0.3) is 0 Å². The SMILES string of the molecule is Cc1ccc(S(=O)(=O)NC(C)C)cc1C(=O)NC(C)c1ccc(F)c(F)c1. The summed E-state index contributed by atoms with van der Waals surface area (Å²) in [6.07, 6.45) is 0. The second-order valence-electron chi connectivity index (χ2n) is 6.62. The van der Waals surface area contributed by atoms with E-state index in [1.165, 1.54) is 18.2 Å². The lowest BCUT2D eigenvalue weighted by atomic mass is 10.1. The van der Waals surface area contributed by atoms with Gasteiger partial charge in [0.1, 0.15) is 0 Å². The zero-order chi connectivity index (χ0) is 20.4. The summed E-state index contributed by atoms with van der Waals surface area (Å²) in [5.41, 5.74) is 1.18. The van der Waals surface area contributed by atoms with Crippen LogP contribution in [0.3, 0.4) is 0 Å². The molecule has 8 heteroatoms. The molecule has 2 rings (SSSR count). The summed E-state index contributed by atoms with van der Waals surface area (Å²) in [6.45, 7) is 6.70. The largest absolute Gasteiger partial charge is 0.346 e. The molecule has 0 aliphatic heterocycles. The van der Waals surface area contributed by atoms with Gasteiger partial charge in [-0.2, -0.15) is 0 Å². The summed E-state index contributed by atoms with van der Waals surface area (Å²) < 4.78 is 53.6. The van der Waals surface area contributed by atoms with Crippen LogP contribution in [0, 0.1) is 18.6 Å². The van der Waals surface area contributed by atoms with Gasteiger partial charge in [-0.3, -0.25) is 4.79 Å². The fourth-order valence-electron chi connectivity index (χ4n) is 2.53. The molecule has 1 unspecified atom stereocenters. The highest BCUT2D eigenvalue weighted by molar-refractivity contribution is 7.89. The summed E-state index contributed by atoms with van der Waals surface area (Å²) in [6, 6.07) is 6.77. The molecule has 0 heterocycles. The summed E-state index contributed by atoms with van der Waals surface area (Å²) in [4.78, 5) is 12.6. The molecule has 2 aromatic carbocycles. The first-order chi connectivity index (χ1) is 12.5. The number of hydrogen-bond donors (Lipinski definition) is 2. The Labute approximate surface area is 157 Å². The summed E-state index contributed by atoms with van der Waals surface area (Å²) in [5.74, 6) is -2.48. The van der Waals surface area contributed by atoms with Gasteiger partial charge in [0.2, 0.25) is 10.0 Å². The summed E-state index contributed by atoms with van der Waals surface area (Å²) in [5, 5.41) is 2.68. The molecule has 2 aromatic rings. The van der Waals surface area contributed by atoms with Gasteiger partial charge >= 0.3 is 0 Å². The molecule has 146 valence electrons. The van der Waals surface area contributed by atoms with Crippen LogP contribution in [0.2, 0.25) is 0 Å². The van der Waals surface area contributed by atoms with E-state index >= 15 is 0 Å². The molecule has 0 saturated carbocycles. The average molecular weight is 396 g/mol. The molecule has 1 amide bonds. The van der Waals surface area contributed by atoms with Crippen LogP contribution in [-0.2, 0) is 10.0 Å². The van der Waals surface area contributed by atoms with E-state index in [2.05, 4.69) is 10.0 Å². The molecule has 1 atom stereocenters. The molecular weight excluding hydrogens is 374 g/mol. The van der Waals surface area contributed by atoms with Crippen LogP contribution in [0.1, 0.15) is 48.3 Å². The Hall–Kier alpha value is -2.32. The lowest BCUT2D eigenvalue weighted by Gasteiger charge is -2.17. The van der Waals surface area contributed by atoms with Crippen LogP contribution in [0.15, 0.2) is 41.3 Å². The van der Waals surface area contributed by atoms with Crippen LogP contribution >= 0.6 is 0 Å². The molecule has 27 heavy (non-hydrogen) atoms. The van der Waals surface area contributed by atoms with Crippen molar-refractivity contribution >= 4 is 15.9 Å². The van der Waals surface area contributed by atoms with Crippen molar-refractivity contribution in [3.8, 4) is 0 Å². The van der Waals surface area contributed by atoms with E-state index in [9.17, 15) is 22.0 Å². The maximum Gasteiger partial charge on any atom is 0.252 e. The van der Waals surface area contributed by atoms with E-state index in [4.69, 9.17) is 0 Å². The minimum atomic E-state index is -3.74. The van der Waals surface area contributed by atoms with Crippen molar-refractivity contribution in [2.75, 3.05) is 0 Å². The quantitative estimate of drug-likeness (QED) is 0.785. The first-order valence-electron chi connectivity index (χ1n) is 8.40. The van der Waals surface area contributed by atoms with Gasteiger partial charge in [-0.1, -0.05) is 12.1 Å². The summed E-state index contributed by atoms with van der Waals surface area (Å²) >= 11 is 0. The van der Waals surface area contributed by atoms with Crippen molar-refractivity contribution in [2.24, 2.45) is 0 Å². The number of amides is 1. The number of carbonyl (C=O) groups excluding carboxylic acids is 1. The fraction of sp³-hybridized carbons (Fsp3) is 0.316. The van der Waals surface area contributed by atoms with Gasteiger partial charge < -0.3 is 5.32 Å². The van der Waals surface area contributed by atoms with Crippen LogP contribution in [-0.4, -0.2) is 20.4 Å². The van der Waals surface area contributed by atoms with Crippen LogP contribution < -0.4 is 10.0 Å². The molecule has 5 nitrogen and oxygen atoms in total. The third-order valence-electron chi connectivity index (χ3n) is 3.95. The highest BCUT2D eigenvalue weighted by atomic mass is 32.2. The Balaban J connectivity index is 2.27. The van der Waals surface area contributed by atoms with Gasteiger partial charge in [0.05, 0.1) is 10.9 Å². The Morgan fingerprint density at radius 1 is 1.00 bits per heavy atom. The van der Waals surface area contributed by atoms with Gasteiger partial charge in [0.25, 0.3) is 5.91 Å². The zero-order valence-corrected chi connectivity index (χ0v) is 16.3. The van der Waals surface area contributed by atoms with Crippen molar-refractivity contribution in [3.63, 3.8) is 0 Å². The normalized spacial score (nSPS) is 12.9. The number of rotatable bonds is 6. The van der Waals surface area contributed by atoms with Gasteiger partial charge in [0.15, 0.2) is 11.6 Å². The monoisotopic (exact) mass is 396 g/mol. The molecule has 0 aliphatic carbocycles. The molecule has 0 aliphatic rings. The number of aryl methyl sites for hydroxylation is 1. The molecule has 0 fully saturated rings. The second kappa shape index (κ2) is 8.14.